The molecule has 0 radical (unpaired) electrons. The van der Waals surface area contributed by atoms with Crippen molar-refractivity contribution in [3.05, 3.63) is 71.4 Å². The van der Waals surface area contributed by atoms with E-state index in [-0.39, 0.29) is 18.7 Å². The first-order valence-electron chi connectivity index (χ1n) is 10.8. The van der Waals surface area contributed by atoms with Gasteiger partial charge in [0.05, 0.1) is 11.8 Å². The Morgan fingerprint density at radius 2 is 1.50 bits per heavy atom. The Kier molecular flexibility index (Phi) is 6.27. The van der Waals surface area contributed by atoms with Gasteiger partial charge in [-0.3, -0.25) is 5.32 Å². The predicted octanol–water partition coefficient (Wildman–Crippen LogP) is 6.14. The maximum Gasteiger partial charge on any atom is 0.430 e. The first-order chi connectivity index (χ1) is 16.8. The standard InChI is InChI=1S/C24H21F6N3O3/c1-13(2)33-20(19(11-31-33)22(35,23(25,26)27)24(28,29)30)32-21(34)36-12-18-16-9-5-3-7-14(16)15-8-4-6-10-17(15)18/h3-11,13,18,35H,12H2,1-2H3,(H,32,34). The third-order valence-corrected chi connectivity index (χ3v) is 6.06. The number of anilines is 1. The summed E-state index contributed by atoms with van der Waals surface area (Å²) < 4.78 is 87.0. The van der Waals surface area contributed by atoms with Gasteiger partial charge in [-0.2, -0.15) is 31.4 Å². The Balaban J connectivity index is 1.63. The molecule has 1 amide bonds. The topological polar surface area (TPSA) is 76.4 Å². The van der Waals surface area contributed by atoms with Gasteiger partial charge in [0.1, 0.15) is 12.4 Å². The van der Waals surface area contributed by atoms with Crippen molar-refractivity contribution in [2.75, 3.05) is 11.9 Å². The zero-order valence-electron chi connectivity index (χ0n) is 19.0. The van der Waals surface area contributed by atoms with Crippen molar-refractivity contribution in [3.8, 4) is 11.1 Å². The van der Waals surface area contributed by atoms with Crippen LogP contribution in [0.4, 0.5) is 37.0 Å². The SMILES string of the molecule is CC(C)n1ncc(C(O)(C(F)(F)F)C(F)(F)F)c1NC(=O)OCC1c2ccccc2-c2ccccc21. The van der Waals surface area contributed by atoms with Crippen molar-refractivity contribution in [1.29, 1.82) is 0 Å². The summed E-state index contributed by atoms with van der Waals surface area (Å²) in [5.74, 6) is -1.36. The molecule has 6 nitrogen and oxygen atoms in total. The minimum Gasteiger partial charge on any atom is -0.448 e. The number of carbonyl (C=O) groups is 1. The quantitative estimate of drug-likeness (QED) is 0.402. The van der Waals surface area contributed by atoms with Crippen LogP contribution in [0.25, 0.3) is 11.1 Å². The second kappa shape index (κ2) is 8.84. The molecule has 0 spiro atoms. The molecule has 0 atom stereocenters. The van der Waals surface area contributed by atoms with E-state index >= 15 is 0 Å². The normalized spacial score (nSPS) is 14.1. The van der Waals surface area contributed by atoms with Gasteiger partial charge in [0.2, 0.25) is 0 Å². The number of fused-ring (bicyclic) bond motifs is 3. The fourth-order valence-electron chi connectivity index (χ4n) is 4.34. The molecule has 2 aromatic carbocycles. The molecule has 0 saturated carbocycles. The van der Waals surface area contributed by atoms with E-state index in [2.05, 4.69) is 5.10 Å². The first-order valence-corrected chi connectivity index (χ1v) is 10.8. The van der Waals surface area contributed by atoms with Crippen LogP contribution in [0.5, 0.6) is 0 Å². The summed E-state index contributed by atoms with van der Waals surface area (Å²) in [4.78, 5) is 12.6. The number of hydrogen-bond acceptors (Lipinski definition) is 4. The molecule has 0 bridgehead atoms. The van der Waals surface area contributed by atoms with Gasteiger partial charge < -0.3 is 9.84 Å². The number of halogens is 6. The van der Waals surface area contributed by atoms with Crippen molar-refractivity contribution in [1.82, 2.24) is 9.78 Å². The smallest absolute Gasteiger partial charge is 0.430 e. The number of rotatable bonds is 5. The highest BCUT2D eigenvalue weighted by molar-refractivity contribution is 5.85. The molecule has 2 N–H and O–H groups in total. The number of aromatic nitrogens is 2. The molecule has 4 rings (SSSR count). The van der Waals surface area contributed by atoms with Gasteiger partial charge in [0.25, 0.3) is 5.60 Å². The number of alkyl halides is 6. The van der Waals surface area contributed by atoms with E-state index in [9.17, 15) is 36.2 Å². The van der Waals surface area contributed by atoms with E-state index in [4.69, 9.17) is 4.74 Å². The fraction of sp³-hybridized carbons (Fsp3) is 0.333. The number of aliphatic hydroxyl groups is 1. The predicted molar refractivity (Wildman–Crippen MR) is 117 cm³/mol. The highest BCUT2D eigenvalue weighted by atomic mass is 19.4. The van der Waals surface area contributed by atoms with E-state index < -0.39 is 41.5 Å². The number of ether oxygens (including phenoxy) is 1. The average molecular weight is 513 g/mol. The van der Waals surface area contributed by atoms with Crippen LogP contribution < -0.4 is 5.32 Å². The van der Waals surface area contributed by atoms with Crippen LogP contribution in [0.2, 0.25) is 0 Å². The molecular weight excluding hydrogens is 492 g/mol. The number of hydrogen-bond donors (Lipinski definition) is 2. The van der Waals surface area contributed by atoms with Gasteiger partial charge >= 0.3 is 18.4 Å². The molecule has 0 aliphatic heterocycles. The fourth-order valence-corrected chi connectivity index (χ4v) is 4.34. The number of benzene rings is 2. The van der Waals surface area contributed by atoms with Gasteiger partial charge in [-0.1, -0.05) is 48.5 Å². The first kappa shape index (κ1) is 25.5. The number of nitrogens with one attached hydrogen (secondary N) is 1. The summed E-state index contributed by atoms with van der Waals surface area (Å²) in [6.07, 6.45) is -13.4. The summed E-state index contributed by atoms with van der Waals surface area (Å²) >= 11 is 0. The van der Waals surface area contributed by atoms with Gasteiger partial charge in [-0.15, -0.1) is 0 Å². The second-order valence-electron chi connectivity index (χ2n) is 8.60. The molecule has 1 aromatic heterocycles. The van der Waals surface area contributed by atoms with Crippen molar-refractivity contribution in [2.45, 2.75) is 43.8 Å². The Hall–Kier alpha value is -3.54. The molecular formula is C24H21F6N3O3. The minimum atomic E-state index is -6.15. The van der Waals surface area contributed by atoms with E-state index in [1.807, 2.05) is 41.7 Å². The molecule has 0 saturated heterocycles. The van der Waals surface area contributed by atoms with Gasteiger partial charge in [-0.25, -0.2) is 9.48 Å². The maximum atomic E-state index is 13.5. The highest BCUT2D eigenvalue weighted by Crippen LogP contribution is 2.52. The molecule has 1 aliphatic rings. The third kappa shape index (κ3) is 4.08. The van der Waals surface area contributed by atoms with E-state index in [1.165, 1.54) is 13.8 Å². The Morgan fingerprint density at radius 1 is 1.00 bits per heavy atom. The molecule has 0 unspecified atom stereocenters. The molecule has 12 heteroatoms. The second-order valence-corrected chi connectivity index (χ2v) is 8.60. The lowest BCUT2D eigenvalue weighted by Crippen LogP contribution is -2.54. The van der Waals surface area contributed by atoms with Crippen molar-refractivity contribution in [3.63, 3.8) is 0 Å². The Morgan fingerprint density at radius 3 is 1.97 bits per heavy atom. The lowest BCUT2D eigenvalue weighted by molar-refractivity contribution is -0.376. The number of amides is 1. The Bertz CT molecular complexity index is 1220. The molecule has 36 heavy (non-hydrogen) atoms. The zero-order valence-corrected chi connectivity index (χ0v) is 19.0. The van der Waals surface area contributed by atoms with Crippen LogP contribution in [0.1, 0.15) is 42.5 Å². The molecule has 192 valence electrons. The van der Waals surface area contributed by atoms with Crippen molar-refractivity contribution >= 4 is 11.9 Å². The van der Waals surface area contributed by atoms with Crippen LogP contribution in [0.3, 0.4) is 0 Å². The molecule has 3 aromatic rings. The molecule has 1 heterocycles. The monoisotopic (exact) mass is 513 g/mol. The zero-order chi connectivity index (χ0) is 26.5. The van der Waals surface area contributed by atoms with Crippen LogP contribution in [0.15, 0.2) is 54.7 Å². The largest absolute Gasteiger partial charge is 0.448 e. The summed E-state index contributed by atoms with van der Waals surface area (Å²) in [6.45, 7) is 2.63. The summed E-state index contributed by atoms with van der Waals surface area (Å²) in [5.41, 5.74) is -3.33. The van der Waals surface area contributed by atoms with E-state index in [0.717, 1.165) is 26.9 Å². The van der Waals surface area contributed by atoms with E-state index in [0.29, 0.717) is 0 Å². The number of nitrogens with zero attached hydrogens (tertiary/aromatic N) is 2. The van der Waals surface area contributed by atoms with Gasteiger partial charge in [-0.05, 0) is 36.1 Å². The maximum absolute atomic E-state index is 13.5. The number of carbonyl (C=O) groups excluding carboxylic acids is 1. The summed E-state index contributed by atoms with van der Waals surface area (Å²) in [6, 6.07) is 14.0. The molecule has 0 fully saturated rings. The minimum absolute atomic E-state index is 0.228. The van der Waals surface area contributed by atoms with Crippen molar-refractivity contribution in [2.24, 2.45) is 0 Å². The van der Waals surface area contributed by atoms with Crippen LogP contribution in [0, 0.1) is 0 Å². The lowest BCUT2D eigenvalue weighted by atomic mass is 9.94. The van der Waals surface area contributed by atoms with Gasteiger partial charge in [0.15, 0.2) is 0 Å². The summed E-state index contributed by atoms with van der Waals surface area (Å²) in [7, 11) is 0. The third-order valence-electron chi connectivity index (χ3n) is 6.06. The van der Waals surface area contributed by atoms with Crippen molar-refractivity contribution < 1.29 is 41.0 Å². The Labute approximate surface area is 201 Å². The average Bonchev–Trinajstić information content (AvgIpc) is 3.35. The van der Waals surface area contributed by atoms with Crippen LogP contribution in [-0.4, -0.2) is 39.9 Å². The van der Waals surface area contributed by atoms with E-state index in [1.54, 1.807) is 12.1 Å². The van der Waals surface area contributed by atoms with Gasteiger partial charge in [0, 0.05) is 12.0 Å². The lowest BCUT2D eigenvalue weighted by Gasteiger charge is -2.32. The van der Waals surface area contributed by atoms with Crippen LogP contribution in [-0.2, 0) is 10.3 Å². The highest BCUT2D eigenvalue weighted by Gasteiger charge is 2.73. The molecule has 1 aliphatic carbocycles. The summed E-state index contributed by atoms with van der Waals surface area (Å²) in [5, 5.41) is 15.4. The van der Waals surface area contributed by atoms with Crippen LogP contribution >= 0.6 is 0 Å².